The molecule has 8 heteroatoms. The maximum absolute atomic E-state index is 6.36. The molecule has 0 spiro atoms. The molecule has 1 aliphatic rings. The molecule has 0 amide bonds. The average molecular weight is 465 g/mol. The van der Waals surface area contributed by atoms with Gasteiger partial charge in [0.1, 0.15) is 5.15 Å². The Morgan fingerprint density at radius 2 is 2.15 bits per heavy atom. The van der Waals surface area contributed by atoms with Crippen LogP contribution in [-0.4, -0.2) is 11.0 Å². The number of hydrogen-bond acceptors (Lipinski definition) is 5. The van der Waals surface area contributed by atoms with Gasteiger partial charge in [-0.05, 0) is 48.6 Å². The molecule has 0 saturated heterocycles. The first-order valence-corrected chi connectivity index (χ1v) is 10.9. The summed E-state index contributed by atoms with van der Waals surface area (Å²) in [6.45, 7) is 2.96. The number of fused-ring (bicyclic) bond motifs is 1. The first-order valence-electron chi connectivity index (χ1n) is 8.79. The molecule has 0 radical (unpaired) electrons. The Hall–Kier alpha value is -0.560. The minimum absolute atomic E-state index is 0. The fraction of sp³-hybridized carbons (Fsp3) is 0.421. The maximum Gasteiger partial charge on any atom is 0.131 e. The van der Waals surface area contributed by atoms with Gasteiger partial charge in [-0.1, -0.05) is 24.6 Å². The Balaban J connectivity index is 0.00000131. The van der Waals surface area contributed by atoms with Crippen LogP contribution >= 0.6 is 59.1 Å². The van der Waals surface area contributed by atoms with E-state index in [1.807, 2.05) is 17.4 Å². The van der Waals surface area contributed by atoms with E-state index in [9.17, 15) is 0 Å². The minimum atomic E-state index is 0. The molecule has 4 rings (SSSR count). The molecule has 3 aromatic heterocycles. The van der Waals surface area contributed by atoms with Gasteiger partial charge in [-0.3, -0.25) is 0 Å². The quantitative estimate of drug-likeness (QED) is 0.386. The number of anilines is 1. The Morgan fingerprint density at radius 1 is 1.37 bits per heavy atom. The number of pyridine rings is 1. The molecule has 0 aromatic carbocycles. The molecule has 1 saturated carbocycles. The van der Waals surface area contributed by atoms with Crippen LogP contribution in [-0.2, 0) is 13.0 Å². The van der Waals surface area contributed by atoms with Crippen molar-refractivity contribution in [2.24, 2.45) is 5.73 Å². The van der Waals surface area contributed by atoms with Crippen molar-refractivity contribution in [1.29, 1.82) is 0 Å². The molecule has 3 aromatic rings. The first kappa shape index (κ1) is 22.7. The predicted molar refractivity (Wildman–Crippen MR) is 125 cm³/mol. The highest BCUT2D eigenvalue weighted by atomic mass is 35.5. The summed E-state index contributed by atoms with van der Waals surface area (Å²) in [5.74, 6) is 0.643. The topological polar surface area (TPSA) is 50.9 Å². The summed E-state index contributed by atoms with van der Waals surface area (Å²) in [6.07, 6.45) is 4.44. The lowest BCUT2D eigenvalue weighted by Gasteiger charge is -2.08. The molecule has 3 N–H and O–H groups in total. The second kappa shape index (κ2) is 9.77. The van der Waals surface area contributed by atoms with Crippen molar-refractivity contribution in [3.05, 3.63) is 44.1 Å². The van der Waals surface area contributed by atoms with Gasteiger partial charge < -0.3 is 11.1 Å². The summed E-state index contributed by atoms with van der Waals surface area (Å²) >= 11 is 9.97. The summed E-state index contributed by atoms with van der Waals surface area (Å²) in [5, 5.41) is 6.23. The van der Waals surface area contributed by atoms with Crippen molar-refractivity contribution >= 4 is 75.0 Å². The van der Waals surface area contributed by atoms with Gasteiger partial charge in [0.05, 0.1) is 15.9 Å². The zero-order valence-corrected chi connectivity index (χ0v) is 19.1. The summed E-state index contributed by atoms with van der Waals surface area (Å²) in [7, 11) is 0. The number of nitrogens with one attached hydrogen (secondary N) is 1. The second-order valence-electron chi connectivity index (χ2n) is 6.69. The summed E-state index contributed by atoms with van der Waals surface area (Å²) < 4.78 is 1.22. The van der Waals surface area contributed by atoms with E-state index in [1.165, 1.54) is 32.9 Å². The number of hydrogen-bond donors (Lipinski definition) is 2. The van der Waals surface area contributed by atoms with Crippen LogP contribution in [0.4, 0.5) is 5.69 Å². The standard InChI is InChI=1S/C19H22ClN3S2.2ClH/c1-2-12(21)8-15-17(11-5-6-11)18-19(25-15)14(9-16(20)23-18)22-10-13-4-3-7-24-13;;/h3-4,7,9,11-12H,2,5-6,8,10,21H2,1H3,(H,22,23);2*1H/t12-;;/m0../s1. The van der Waals surface area contributed by atoms with E-state index in [-0.39, 0.29) is 30.9 Å². The van der Waals surface area contributed by atoms with E-state index in [0.29, 0.717) is 11.1 Å². The van der Waals surface area contributed by atoms with Gasteiger partial charge in [0, 0.05) is 28.4 Å². The molecule has 1 aliphatic carbocycles. The summed E-state index contributed by atoms with van der Waals surface area (Å²) in [6, 6.07) is 6.39. The van der Waals surface area contributed by atoms with Crippen LogP contribution in [0.1, 0.15) is 47.4 Å². The van der Waals surface area contributed by atoms with Gasteiger partial charge >= 0.3 is 0 Å². The monoisotopic (exact) mass is 463 g/mol. The second-order valence-corrected chi connectivity index (χ2v) is 9.21. The molecule has 3 nitrogen and oxygen atoms in total. The molecule has 148 valence electrons. The zero-order chi connectivity index (χ0) is 17.4. The Morgan fingerprint density at radius 3 is 2.78 bits per heavy atom. The van der Waals surface area contributed by atoms with E-state index >= 15 is 0 Å². The summed E-state index contributed by atoms with van der Waals surface area (Å²) in [5.41, 5.74) is 9.84. The van der Waals surface area contributed by atoms with Crippen LogP contribution in [0.3, 0.4) is 0 Å². The molecule has 0 unspecified atom stereocenters. The Bertz CT molecular complexity index is 876. The number of thiophene rings is 2. The first-order chi connectivity index (χ1) is 12.2. The number of nitrogens with two attached hydrogens (primary N) is 1. The number of aromatic nitrogens is 1. The highest BCUT2D eigenvalue weighted by molar-refractivity contribution is 7.20. The zero-order valence-electron chi connectivity index (χ0n) is 15.0. The largest absolute Gasteiger partial charge is 0.379 e. The lowest BCUT2D eigenvalue weighted by Crippen LogP contribution is -2.21. The van der Waals surface area contributed by atoms with Gasteiger partial charge in [0.25, 0.3) is 0 Å². The van der Waals surface area contributed by atoms with Gasteiger partial charge in [0.2, 0.25) is 0 Å². The third kappa shape index (κ3) is 5.08. The van der Waals surface area contributed by atoms with Crippen LogP contribution in [0.15, 0.2) is 23.6 Å². The van der Waals surface area contributed by atoms with Gasteiger partial charge in [-0.15, -0.1) is 47.5 Å². The highest BCUT2D eigenvalue weighted by Gasteiger charge is 2.31. The van der Waals surface area contributed by atoms with Gasteiger partial charge in [-0.25, -0.2) is 4.98 Å². The van der Waals surface area contributed by atoms with E-state index in [2.05, 4.69) is 29.8 Å². The Labute approximate surface area is 185 Å². The Kier molecular flexibility index (Phi) is 8.22. The number of rotatable bonds is 7. The van der Waals surface area contributed by atoms with Crippen molar-refractivity contribution < 1.29 is 0 Å². The van der Waals surface area contributed by atoms with Crippen molar-refractivity contribution in [3.8, 4) is 0 Å². The highest BCUT2D eigenvalue weighted by Crippen LogP contribution is 2.49. The van der Waals surface area contributed by atoms with Crippen molar-refractivity contribution in [3.63, 3.8) is 0 Å². The molecule has 1 fully saturated rings. The van der Waals surface area contributed by atoms with Gasteiger partial charge in [0.15, 0.2) is 0 Å². The predicted octanol–water partition coefficient (Wildman–Crippen LogP) is 6.62. The van der Waals surface area contributed by atoms with E-state index in [0.717, 1.165) is 30.6 Å². The molecular formula is C19H24Cl3N3S2. The van der Waals surface area contributed by atoms with E-state index in [1.54, 1.807) is 11.3 Å². The molecule has 0 aliphatic heterocycles. The average Bonchev–Trinajstić information content (AvgIpc) is 3.16. The third-order valence-electron chi connectivity index (χ3n) is 4.71. The van der Waals surface area contributed by atoms with Crippen molar-refractivity contribution in [2.75, 3.05) is 5.32 Å². The number of halogens is 3. The smallest absolute Gasteiger partial charge is 0.131 e. The van der Waals surface area contributed by atoms with Crippen molar-refractivity contribution in [1.82, 2.24) is 4.98 Å². The lowest BCUT2D eigenvalue weighted by molar-refractivity contribution is 0.649. The SMILES string of the molecule is CC[C@H](N)Cc1sc2c(NCc3cccs3)cc(Cl)nc2c1C1CC1.Cl.Cl. The molecule has 1 atom stereocenters. The van der Waals surface area contributed by atoms with Crippen LogP contribution in [0, 0.1) is 0 Å². The summed E-state index contributed by atoms with van der Waals surface area (Å²) in [4.78, 5) is 7.41. The molecule has 27 heavy (non-hydrogen) atoms. The van der Waals surface area contributed by atoms with Crippen LogP contribution in [0.25, 0.3) is 10.2 Å². The van der Waals surface area contributed by atoms with Crippen LogP contribution < -0.4 is 11.1 Å². The fourth-order valence-corrected chi connectivity index (χ4v) is 5.40. The fourth-order valence-electron chi connectivity index (χ4n) is 3.15. The number of nitrogens with zero attached hydrogens (tertiary/aromatic N) is 1. The van der Waals surface area contributed by atoms with Gasteiger partial charge in [-0.2, -0.15) is 0 Å². The van der Waals surface area contributed by atoms with Crippen LogP contribution in [0.5, 0.6) is 0 Å². The lowest BCUT2D eigenvalue weighted by atomic mass is 10.0. The van der Waals surface area contributed by atoms with E-state index in [4.69, 9.17) is 22.3 Å². The molecule has 0 bridgehead atoms. The molecular weight excluding hydrogens is 441 g/mol. The molecule has 3 heterocycles. The normalized spacial score (nSPS) is 14.5. The van der Waals surface area contributed by atoms with Crippen molar-refractivity contribution in [2.45, 2.75) is 51.1 Å². The third-order valence-corrected chi connectivity index (χ3v) is 7.03. The minimum Gasteiger partial charge on any atom is -0.379 e. The van der Waals surface area contributed by atoms with Crippen LogP contribution in [0.2, 0.25) is 5.15 Å². The maximum atomic E-state index is 6.36. The van der Waals surface area contributed by atoms with E-state index < -0.39 is 0 Å².